The number of carbonyl (C=O) groups is 2. The number of hydrogen-bond donors (Lipinski definition) is 2. The lowest BCUT2D eigenvalue weighted by molar-refractivity contribution is -0.121. The van der Waals surface area contributed by atoms with Gasteiger partial charge in [-0.2, -0.15) is 0 Å². The second kappa shape index (κ2) is 7.79. The number of anilines is 1. The minimum absolute atomic E-state index is 0.0207. The van der Waals surface area contributed by atoms with Crippen LogP contribution in [0.4, 0.5) is 10.5 Å². The molecule has 1 aromatic carbocycles. The molecule has 3 amide bonds. The van der Waals surface area contributed by atoms with Gasteiger partial charge in [0.05, 0.1) is 6.04 Å². The molecule has 2 N–H and O–H groups in total. The van der Waals surface area contributed by atoms with Gasteiger partial charge >= 0.3 is 6.03 Å². The van der Waals surface area contributed by atoms with Gasteiger partial charge < -0.3 is 10.6 Å². The first-order valence-electron chi connectivity index (χ1n) is 8.47. The molecule has 1 aromatic heterocycles. The Morgan fingerprint density at radius 3 is 2.60 bits per heavy atom. The molecular formula is C19H22N4O2. The van der Waals surface area contributed by atoms with E-state index >= 15 is 0 Å². The molecule has 0 spiro atoms. The maximum atomic E-state index is 12.1. The fourth-order valence-electron chi connectivity index (χ4n) is 2.87. The van der Waals surface area contributed by atoms with Crippen LogP contribution in [-0.2, 0) is 11.2 Å². The van der Waals surface area contributed by atoms with Crippen LogP contribution in [0.15, 0.2) is 48.8 Å². The van der Waals surface area contributed by atoms with E-state index in [0.717, 1.165) is 16.8 Å². The van der Waals surface area contributed by atoms with Crippen molar-refractivity contribution in [3.05, 3.63) is 59.9 Å². The molecule has 2 aromatic rings. The van der Waals surface area contributed by atoms with Gasteiger partial charge in [0.15, 0.2) is 0 Å². The highest BCUT2D eigenvalue weighted by atomic mass is 16.2. The van der Waals surface area contributed by atoms with E-state index in [1.807, 2.05) is 43.3 Å². The summed E-state index contributed by atoms with van der Waals surface area (Å²) in [6.45, 7) is 3.31. The van der Waals surface area contributed by atoms with Crippen LogP contribution in [0.1, 0.15) is 30.5 Å². The van der Waals surface area contributed by atoms with Gasteiger partial charge in [-0.3, -0.25) is 14.7 Å². The monoisotopic (exact) mass is 338 g/mol. The first kappa shape index (κ1) is 17.0. The maximum Gasteiger partial charge on any atom is 0.321 e. The molecular weight excluding hydrogens is 316 g/mol. The van der Waals surface area contributed by atoms with Gasteiger partial charge in [-0.05, 0) is 48.7 Å². The van der Waals surface area contributed by atoms with Crippen molar-refractivity contribution in [2.45, 2.75) is 25.8 Å². The standard InChI is InChI=1S/C19H22N4O2/c1-14(22-18(24)7-2-15-8-10-20-11-9-15)16-3-5-17(6-4-16)23-13-12-21-19(23)25/h3-6,8-11,14H,2,7,12-13H2,1H3,(H,21,25)(H,22,24). The summed E-state index contributed by atoms with van der Waals surface area (Å²) in [5.41, 5.74) is 2.99. The first-order chi connectivity index (χ1) is 12.1. The summed E-state index contributed by atoms with van der Waals surface area (Å²) in [4.78, 5) is 29.5. The Bertz CT molecular complexity index is 731. The third-order valence-electron chi connectivity index (χ3n) is 4.33. The Morgan fingerprint density at radius 2 is 1.96 bits per heavy atom. The molecule has 1 atom stereocenters. The number of aryl methyl sites for hydroxylation is 1. The third kappa shape index (κ3) is 4.35. The van der Waals surface area contributed by atoms with Crippen molar-refractivity contribution in [1.29, 1.82) is 0 Å². The zero-order valence-electron chi connectivity index (χ0n) is 14.2. The summed E-state index contributed by atoms with van der Waals surface area (Å²) in [6, 6.07) is 11.4. The van der Waals surface area contributed by atoms with Gasteiger partial charge in [-0.15, -0.1) is 0 Å². The number of amides is 3. The highest BCUT2D eigenvalue weighted by Gasteiger charge is 2.21. The topological polar surface area (TPSA) is 74.3 Å². The predicted molar refractivity (Wildman–Crippen MR) is 96.3 cm³/mol. The highest BCUT2D eigenvalue weighted by Crippen LogP contribution is 2.20. The molecule has 2 heterocycles. The van der Waals surface area contributed by atoms with Gasteiger partial charge in [0.1, 0.15) is 0 Å². The highest BCUT2D eigenvalue weighted by molar-refractivity contribution is 5.94. The summed E-state index contributed by atoms with van der Waals surface area (Å²) in [7, 11) is 0. The minimum Gasteiger partial charge on any atom is -0.350 e. The van der Waals surface area contributed by atoms with E-state index in [9.17, 15) is 9.59 Å². The van der Waals surface area contributed by atoms with E-state index < -0.39 is 0 Å². The van der Waals surface area contributed by atoms with E-state index in [0.29, 0.717) is 25.9 Å². The Morgan fingerprint density at radius 1 is 1.24 bits per heavy atom. The number of pyridine rings is 1. The van der Waals surface area contributed by atoms with Gasteiger partial charge in [0.2, 0.25) is 5.91 Å². The Balaban J connectivity index is 1.53. The Labute approximate surface area is 147 Å². The predicted octanol–water partition coefficient (Wildman–Crippen LogP) is 2.42. The average Bonchev–Trinajstić information content (AvgIpc) is 3.07. The summed E-state index contributed by atoms with van der Waals surface area (Å²) >= 11 is 0. The zero-order chi connectivity index (χ0) is 17.6. The van der Waals surface area contributed by atoms with Crippen molar-refractivity contribution in [1.82, 2.24) is 15.6 Å². The van der Waals surface area contributed by atoms with Crippen molar-refractivity contribution in [2.75, 3.05) is 18.0 Å². The molecule has 0 bridgehead atoms. The minimum atomic E-state index is -0.0774. The van der Waals surface area contributed by atoms with Crippen molar-refractivity contribution >= 4 is 17.6 Å². The number of nitrogens with one attached hydrogen (secondary N) is 2. The average molecular weight is 338 g/mol. The lowest BCUT2D eigenvalue weighted by atomic mass is 10.1. The third-order valence-corrected chi connectivity index (χ3v) is 4.33. The number of rotatable bonds is 6. The van der Waals surface area contributed by atoms with Crippen molar-refractivity contribution in [2.24, 2.45) is 0 Å². The molecule has 1 unspecified atom stereocenters. The summed E-state index contributed by atoms with van der Waals surface area (Å²) < 4.78 is 0. The molecule has 6 nitrogen and oxygen atoms in total. The number of nitrogens with zero attached hydrogens (tertiary/aromatic N) is 2. The second-order valence-corrected chi connectivity index (χ2v) is 6.12. The molecule has 1 aliphatic heterocycles. The van der Waals surface area contributed by atoms with E-state index in [1.165, 1.54) is 0 Å². The van der Waals surface area contributed by atoms with Crippen molar-refractivity contribution < 1.29 is 9.59 Å². The van der Waals surface area contributed by atoms with E-state index in [-0.39, 0.29) is 18.0 Å². The fraction of sp³-hybridized carbons (Fsp3) is 0.316. The Hall–Kier alpha value is -2.89. The molecule has 0 radical (unpaired) electrons. The van der Waals surface area contributed by atoms with Crippen molar-refractivity contribution in [3.8, 4) is 0 Å². The number of hydrogen-bond acceptors (Lipinski definition) is 3. The molecule has 0 aliphatic carbocycles. The van der Waals surface area contributed by atoms with Gasteiger partial charge in [0, 0.05) is 37.6 Å². The van der Waals surface area contributed by atoms with Crippen LogP contribution in [0.3, 0.4) is 0 Å². The normalized spacial score (nSPS) is 14.9. The quantitative estimate of drug-likeness (QED) is 0.849. The van der Waals surface area contributed by atoms with Crippen LogP contribution < -0.4 is 15.5 Å². The number of benzene rings is 1. The van der Waals surface area contributed by atoms with Crippen LogP contribution >= 0.6 is 0 Å². The fourth-order valence-corrected chi connectivity index (χ4v) is 2.87. The lowest BCUT2D eigenvalue weighted by Crippen LogP contribution is -2.28. The second-order valence-electron chi connectivity index (χ2n) is 6.12. The first-order valence-corrected chi connectivity index (χ1v) is 8.47. The number of aromatic nitrogens is 1. The van der Waals surface area contributed by atoms with Crippen LogP contribution in [0, 0.1) is 0 Å². The molecule has 25 heavy (non-hydrogen) atoms. The molecule has 130 valence electrons. The van der Waals surface area contributed by atoms with Crippen molar-refractivity contribution in [3.63, 3.8) is 0 Å². The van der Waals surface area contributed by atoms with E-state index in [1.54, 1.807) is 17.3 Å². The zero-order valence-corrected chi connectivity index (χ0v) is 14.2. The smallest absolute Gasteiger partial charge is 0.321 e. The van der Waals surface area contributed by atoms with E-state index in [2.05, 4.69) is 15.6 Å². The summed E-state index contributed by atoms with van der Waals surface area (Å²) in [6.07, 6.45) is 4.61. The largest absolute Gasteiger partial charge is 0.350 e. The van der Waals surface area contributed by atoms with E-state index in [4.69, 9.17) is 0 Å². The molecule has 1 saturated heterocycles. The van der Waals surface area contributed by atoms with Crippen LogP contribution in [0.5, 0.6) is 0 Å². The van der Waals surface area contributed by atoms with Gasteiger partial charge in [-0.1, -0.05) is 12.1 Å². The van der Waals surface area contributed by atoms with Crippen LogP contribution in [0.2, 0.25) is 0 Å². The summed E-state index contributed by atoms with van der Waals surface area (Å²) in [5.74, 6) is 0.0207. The lowest BCUT2D eigenvalue weighted by Gasteiger charge is -2.17. The number of carbonyl (C=O) groups excluding carboxylic acids is 2. The maximum absolute atomic E-state index is 12.1. The molecule has 6 heteroatoms. The number of urea groups is 1. The molecule has 1 fully saturated rings. The van der Waals surface area contributed by atoms with Crippen LogP contribution in [-0.4, -0.2) is 30.0 Å². The SMILES string of the molecule is CC(NC(=O)CCc1ccncc1)c1ccc(N2CCNC2=O)cc1. The molecule has 0 saturated carbocycles. The summed E-state index contributed by atoms with van der Waals surface area (Å²) in [5, 5.41) is 5.80. The van der Waals surface area contributed by atoms with Crippen LogP contribution in [0.25, 0.3) is 0 Å². The molecule has 1 aliphatic rings. The Kier molecular flexibility index (Phi) is 5.28. The molecule has 3 rings (SSSR count). The van der Waals surface area contributed by atoms with Gasteiger partial charge in [-0.25, -0.2) is 4.79 Å². The van der Waals surface area contributed by atoms with Gasteiger partial charge in [0.25, 0.3) is 0 Å².